The van der Waals surface area contributed by atoms with Crippen molar-refractivity contribution in [3.63, 3.8) is 0 Å². The van der Waals surface area contributed by atoms with Gasteiger partial charge in [0.05, 0.1) is 12.7 Å². The molecule has 0 bridgehead atoms. The molecule has 1 saturated heterocycles. The summed E-state index contributed by atoms with van der Waals surface area (Å²) in [5, 5.41) is 3.79. The van der Waals surface area contributed by atoms with Crippen molar-refractivity contribution in [1.29, 1.82) is 0 Å². The van der Waals surface area contributed by atoms with Crippen LogP contribution >= 0.6 is 0 Å². The number of morpholine rings is 1. The summed E-state index contributed by atoms with van der Waals surface area (Å²) in [6.07, 6.45) is 10.7. The highest BCUT2D eigenvalue weighted by Gasteiger charge is 2.32. The Kier molecular flexibility index (Phi) is 4.78. The van der Waals surface area contributed by atoms with E-state index >= 15 is 0 Å². The van der Waals surface area contributed by atoms with Gasteiger partial charge in [0.15, 0.2) is 0 Å². The standard InChI is InChI=1S/C16H30N2O/c1-18-8-9-19-16(12-18)11-17-15-7-6-13-4-2-3-5-14(13)10-15/h13-17H,2-12H2,1H3. The van der Waals surface area contributed by atoms with Gasteiger partial charge in [0.2, 0.25) is 0 Å². The fourth-order valence-corrected chi connectivity index (χ4v) is 4.35. The Morgan fingerprint density at radius 2 is 1.95 bits per heavy atom. The average Bonchev–Trinajstić information content (AvgIpc) is 2.45. The Labute approximate surface area is 118 Å². The Balaban J connectivity index is 1.40. The maximum absolute atomic E-state index is 5.84. The molecule has 0 aromatic carbocycles. The highest BCUT2D eigenvalue weighted by molar-refractivity contribution is 4.87. The smallest absolute Gasteiger partial charge is 0.0826 e. The molecule has 0 radical (unpaired) electrons. The fourth-order valence-electron chi connectivity index (χ4n) is 4.35. The zero-order valence-electron chi connectivity index (χ0n) is 12.4. The number of likely N-dealkylation sites (N-methyl/N-ethyl adjacent to an activating group) is 1. The second-order valence-corrected chi connectivity index (χ2v) is 6.98. The summed E-state index contributed by atoms with van der Waals surface area (Å²) in [5.41, 5.74) is 0. The van der Waals surface area contributed by atoms with Gasteiger partial charge >= 0.3 is 0 Å². The van der Waals surface area contributed by atoms with E-state index in [1.807, 2.05) is 0 Å². The molecule has 2 aliphatic carbocycles. The van der Waals surface area contributed by atoms with E-state index in [-0.39, 0.29) is 0 Å². The van der Waals surface area contributed by atoms with Crippen LogP contribution in [0.1, 0.15) is 44.9 Å². The lowest BCUT2D eigenvalue weighted by molar-refractivity contribution is -0.0207. The number of rotatable bonds is 3. The fraction of sp³-hybridized carbons (Fsp3) is 1.00. The molecule has 0 spiro atoms. The summed E-state index contributed by atoms with van der Waals surface area (Å²) in [4.78, 5) is 2.38. The van der Waals surface area contributed by atoms with Gasteiger partial charge in [-0.25, -0.2) is 0 Å². The van der Waals surface area contributed by atoms with E-state index in [1.54, 1.807) is 0 Å². The molecule has 3 heteroatoms. The molecule has 3 nitrogen and oxygen atoms in total. The minimum atomic E-state index is 0.405. The molecule has 3 fully saturated rings. The van der Waals surface area contributed by atoms with E-state index in [0.29, 0.717) is 6.10 Å². The summed E-state index contributed by atoms with van der Waals surface area (Å²) < 4.78 is 5.84. The molecule has 1 aliphatic heterocycles. The zero-order chi connectivity index (χ0) is 13.1. The Bertz CT molecular complexity index is 284. The van der Waals surface area contributed by atoms with Crippen molar-refractivity contribution in [1.82, 2.24) is 10.2 Å². The second kappa shape index (κ2) is 6.55. The Morgan fingerprint density at radius 1 is 1.11 bits per heavy atom. The van der Waals surface area contributed by atoms with Crippen molar-refractivity contribution >= 4 is 0 Å². The van der Waals surface area contributed by atoms with Gasteiger partial charge in [-0.15, -0.1) is 0 Å². The summed E-state index contributed by atoms with van der Waals surface area (Å²) in [7, 11) is 2.20. The SMILES string of the molecule is CN1CCOC(CNC2CCC3CCCCC3C2)C1. The van der Waals surface area contributed by atoms with Crippen LogP contribution in [0.15, 0.2) is 0 Å². The third-order valence-corrected chi connectivity index (χ3v) is 5.52. The first-order valence-electron chi connectivity index (χ1n) is 8.35. The van der Waals surface area contributed by atoms with E-state index in [0.717, 1.165) is 44.1 Å². The molecule has 2 saturated carbocycles. The van der Waals surface area contributed by atoms with Crippen LogP contribution in [0.3, 0.4) is 0 Å². The van der Waals surface area contributed by atoms with Gasteiger partial charge in [-0.1, -0.05) is 25.7 Å². The first kappa shape index (κ1) is 13.8. The lowest BCUT2D eigenvalue weighted by Gasteiger charge is -2.40. The quantitative estimate of drug-likeness (QED) is 0.848. The molecule has 3 aliphatic rings. The average molecular weight is 266 g/mol. The van der Waals surface area contributed by atoms with Crippen LogP contribution in [0.2, 0.25) is 0 Å². The predicted molar refractivity (Wildman–Crippen MR) is 78.3 cm³/mol. The first-order valence-corrected chi connectivity index (χ1v) is 8.35. The van der Waals surface area contributed by atoms with Crippen LogP contribution < -0.4 is 5.32 Å². The van der Waals surface area contributed by atoms with Crippen LogP contribution in [0.25, 0.3) is 0 Å². The largest absolute Gasteiger partial charge is 0.374 e. The van der Waals surface area contributed by atoms with E-state index in [4.69, 9.17) is 4.74 Å². The maximum atomic E-state index is 5.84. The van der Waals surface area contributed by atoms with Crippen molar-refractivity contribution < 1.29 is 4.74 Å². The van der Waals surface area contributed by atoms with Crippen molar-refractivity contribution in [3.05, 3.63) is 0 Å². The lowest BCUT2D eigenvalue weighted by Crippen LogP contribution is -2.48. The minimum Gasteiger partial charge on any atom is -0.374 e. The topological polar surface area (TPSA) is 24.5 Å². The molecule has 1 heterocycles. The Morgan fingerprint density at radius 3 is 2.79 bits per heavy atom. The summed E-state index contributed by atoms with van der Waals surface area (Å²) in [5.74, 6) is 2.08. The predicted octanol–water partition coefficient (Wildman–Crippen LogP) is 2.27. The molecule has 4 atom stereocenters. The van der Waals surface area contributed by atoms with Crippen molar-refractivity contribution in [2.75, 3.05) is 33.3 Å². The Hall–Kier alpha value is -0.120. The van der Waals surface area contributed by atoms with Gasteiger partial charge in [0.25, 0.3) is 0 Å². The third kappa shape index (κ3) is 3.71. The second-order valence-electron chi connectivity index (χ2n) is 6.98. The number of hydrogen-bond acceptors (Lipinski definition) is 3. The molecular formula is C16H30N2O. The number of fused-ring (bicyclic) bond motifs is 1. The molecule has 1 N–H and O–H groups in total. The van der Waals surface area contributed by atoms with Crippen LogP contribution in [0.4, 0.5) is 0 Å². The van der Waals surface area contributed by atoms with E-state index in [1.165, 1.54) is 44.9 Å². The zero-order valence-corrected chi connectivity index (χ0v) is 12.4. The van der Waals surface area contributed by atoms with Crippen molar-refractivity contribution in [3.8, 4) is 0 Å². The van der Waals surface area contributed by atoms with Crippen LogP contribution in [-0.4, -0.2) is 50.3 Å². The number of ether oxygens (including phenoxy) is 1. The first-order chi connectivity index (χ1) is 9.31. The van der Waals surface area contributed by atoms with Gasteiger partial charge in [0, 0.05) is 25.7 Å². The van der Waals surface area contributed by atoms with Crippen LogP contribution in [0.5, 0.6) is 0 Å². The highest BCUT2D eigenvalue weighted by atomic mass is 16.5. The van der Waals surface area contributed by atoms with Gasteiger partial charge in [-0.2, -0.15) is 0 Å². The van der Waals surface area contributed by atoms with Gasteiger partial charge in [-0.3, -0.25) is 0 Å². The molecule has 0 aromatic rings. The monoisotopic (exact) mass is 266 g/mol. The van der Waals surface area contributed by atoms with Crippen molar-refractivity contribution in [2.45, 2.75) is 57.1 Å². The van der Waals surface area contributed by atoms with Gasteiger partial charge in [-0.05, 0) is 38.1 Å². The summed E-state index contributed by atoms with van der Waals surface area (Å²) in [6, 6.07) is 0.759. The number of nitrogens with one attached hydrogen (secondary N) is 1. The van der Waals surface area contributed by atoms with E-state index < -0.39 is 0 Å². The van der Waals surface area contributed by atoms with Crippen LogP contribution in [0, 0.1) is 11.8 Å². The van der Waals surface area contributed by atoms with Gasteiger partial charge < -0.3 is 15.0 Å². The molecule has 19 heavy (non-hydrogen) atoms. The molecule has 3 rings (SSSR count). The summed E-state index contributed by atoms with van der Waals surface area (Å²) in [6.45, 7) is 4.13. The normalized spacial score (nSPS) is 40.9. The number of hydrogen-bond donors (Lipinski definition) is 1. The van der Waals surface area contributed by atoms with E-state index in [9.17, 15) is 0 Å². The molecule has 110 valence electrons. The van der Waals surface area contributed by atoms with Gasteiger partial charge in [0.1, 0.15) is 0 Å². The molecule has 0 amide bonds. The van der Waals surface area contributed by atoms with Crippen LogP contribution in [-0.2, 0) is 4.74 Å². The van der Waals surface area contributed by atoms with Crippen molar-refractivity contribution in [2.24, 2.45) is 11.8 Å². The summed E-state index contributed by atoms with van der Waals surface area (Å²) >= 11 is 0. The molecule has 0 aromatic heterocycles. The number of nitrogens with zero attached hydrogens (tertiary/aromatic N) is 1. The highest BCUT2D eigenvalue weighted by Crippen LogP contribution is 2.40. The van der Waals surface area contributed by atoms with E-state index in [2.05, 4.69) is 17.3 Å². The lowest BCUT2D eigenvalue weighted by atomic mass is 9.69. The third-order valence-electron chi connectivity index (χ3n) is 5.52. The molecular weight excluding hydrogens is 236 g/mol. The molecule has 4 unspecified atom stereocenters. The minimum absolute atomic E-state index is 0.405. The maximum Gasteiger partial charge on any atom is 0.0826 e.